The molecule has 1 fully saturated rings. The minimum atomic E-state index is 0.245. The number of ether oxygens (including phenoxy) is 1. The molecule has 5 nitrogen and oxygen atoms in total. The van der Waals surface area contributed by atoms with Crippen LogP contribution in [0.25, 0.3) is 21.8 Å². The van der Waals surface area contributed by atoms with E-state index in [9.17, 15) is 4.79 Å². The third-order valence-corrected chi connectivity index (χ3v) is 7.41. The molecule has 0 aliphatic heterocycles. The molecule has 0 saturated heterocycles. The van der Waals surface area contributed by atoms with Crippen molar-refractivity contribution in [2.24, 2.45) is 5.92 Å². The number of rotatable bonds is 11. The smallest absolute Gasteiger partial charge is 0.223 e. The fraction of sp³-hybridized carbons (Fsp3) is 0.419. The summed E-state index contributed by atoms with van der Waals surface area (Å²) in [4.78, 5) is 17.3. The van der Waals surface area contributed by atoms with E-state index in [-0.39, 0.29) is 11.8 Å². The predicted molar refractivity (Wildman–Crippen MR) is 146 cm³/mol. The van der Waals surface area contributed by atoms with Gasteiger partial charge >= 0.3 is 0 Å². The third-order valence-electron chi connectivity index (χ3n) is 7.41. The van der Waals surface area contributed by atoms with Crippen LogP contribution in [-0.2, 0) is 17.8 Å². The Labute approximate surface area is 213 Å². The molecule has 5 rings (SSSR count). The molecule has 0 radical (unpaired) electrons. The number of amides is 1. The summed E-state index contributed by atoms with van der Waals surface area (Å²) in [5.74, 6) is 2.55. The Balaban J connectivity index is 1.14. The van der Waals surface area contributed by atoms with Crippen molar-refractivity contribution in [3.05, 3.63) is 72.6 Å². The van der Waals surface area contributed by atoms with E-state index in [0.29, 0.717) is 6.61 Å². The van der Waals surface area contributed by atoms with Gasteiger partial charge in [0.05, 0.1) is 17.6 Å². The first-order valence-electron chi connectivity index (χ1n) is 13.6. The van der Waals surface area contributed by atoms with Gasteiger partial charge in [0, 0.05) is 24.3 Å². The Bertz CT molecular complexity index is 1280. The van der Waals surface area contributed by atoms with E-state index in [1.807, 2.05) is 18.2 Å². The van der Waals surface area contributed by atoms with Crippen molar-refractivity contribution < 1.29 is 9.53 Å². The average molecular weight is 484 g/mol. The molecule has 188 valence electrons. The first kappa shape index (κ1) is 24.4. The fourth-order valence-corrected chi connectivity index (χ4v) is 5.44. The standard InChI is InChI=1S/C31H37N3O2/c35-31(25-13-3-1-4-14-25)32-21-10-2-5-20-30-33-27-17-8-9-18-28(27)34(30)22-23-36-29-19-11-15-24-12-6-7-16-26(24)29/h6-9,11-12,15-19,25H,1-5,10,13-14,20-23H2,(H,32,35). The van der Waals surface area contributed by atoms with Gasteiger partial charge in [-0.3, -0.25) is 4.79 Å². The van der Waals surface area contributed by atoms with E-state index < -0.39 is 0 Å². The lowest BCUT2D eigenvalue weighted by Crippen LogP contribution is -2.32. The number of hydrogen-bond acceptors (Lipinski definition) is 3. The highest BCUT2D eigenvalue weighted by Gasteiger charge is 2.20. The number of nitrogens with zero attached hydrogens (tertiary/aromatic N) is 2. The largest absolute Gasteiger partial charge is 0.491 e. The van der Waals surface area contributed by atoms with Gasteiger partial charge in [-0.1, -0.05) is 74.2 Å². The number of carbonyl (C=O) groups is 1. The summed E-state index contributed by atoms with van der Waals surface area (Å²) in [5.41, 5.74) is 2.20. The molecule has 1 aromatic heterocycles. The molecular formula is C31H37N3O2. The number of nitrogens with one attached hydrogen (secondary N) is 1. The molecule has 5 heteroatoms. The summed E-state index contributed by atoms with van der Waals surface area (Å²) < 4.78 is 8.55. The van der Waals surface area contributed by atoms with E-state index in [1.165, 1.54) is 24.6 Å². The van der Waals surface area contributed by atoms with E-state index in [1.54, 1.807) is 0 Å². The molecule has 4 aromatic rings. The summed E-state index contributed by atoms with van der Waals surface area (Å²) in [6, 6.07) is 22.9. The molecule has 0 unspecified atom stereocenters. The summed E-state index contributed by atoms with van der Waals surface area (Å²) in [6.45, 7) is 2.13. The third kappa shape index (κ3) is 5.89. The van der Waals surface area contributed by atoms with Gasteiger partial charge in [-0.15, -0.1) is 0 Å². The first-order chi connectivity index (χ1) is 17.8. The number of carbonyl (C=O) groups excluding carboxylic acids is 1. The fourth-order valence-electron chi connectivity index (χ4n) is 5.44. The lowest BCUT2D eigenvalue weighted by molar-refractivity contribution is -0.125. The van der Waals surface area contributed by atoms with E-state index in [2.05, 4.69) is 58.4 Å². The van der Waals surface area contributed by atoms with Crippen LogP contribution in [0.2, 0.25) is 0 Å². The Morgan fingerprint density at radius 3 is 2.64 bits per heavy atom. The highest BCUT2D eigenvalue weighted by Crippen LogP contribution is 2.26. The SMILES string of the molecule is O=C(NCCCCCc1nc2ccccc2n1CCOc1cccc2ccccc12)C1CCCCC1. The zero-order valence-corrected chi connectivity index (χ0v) is 21.1. The molecule has 1 saturated carbocycles. The van der Waals surface area contributed by atoms with Crippen LogP contribution in [0.3, 0.4) is 0 Å². The molecule has 1 aliphatic rings. The van der Waals surface area contributed by atoms with E-state index in [0.717, 1.165) is 79.6 Å². The van der Waals surface area contributed by atoms with Crippen molar-refractivity contribution in [1.82, 2.24) is 14.9 Å². The average Bonchev–Trinajstić information content (AvgIpc) is 3.28. The maximum Gasteiger partial charge on any atom is 0.223 e. The minimum Gasteiger partial charge on any atom is -0.491 e. The van der Waals surface area contributed by atoms with Crippen molar-refractivity contribution >= 4 is 27.7 Å². The Morgan fingerprint density at radius 2 is 1.72 bits per heavy atom. The lowest BCUT2D eigenvalue weighted by atomic mass is 9.89. The van der Waals surface area contributed by atoms with Gasteiger partial charge < -0.3 is 14.6 Å². The Hall–Kier alpha value is -3.34. The van der Waals surface area contributed by atoms with Crippen LogP contribution in [-0.4, -0.2) is 28.6 Å². The highest BCUT2D eigenvalue weighted by molar-refractivity contribution is 5.88. The van der Waals surface area contributed by atoms with Gasteiger partial charge in [-0.05, 0) is 49.3 Å². The van der Waals surface area contributed by atoms with Crippen LogP contribution in [0, 0.1) is 5.92 Å². The van der Waals surface area contributed by atoms with Crippen LogP contribution in [0.5, 0.6) is 5.75 Å². The number of benzene rings is 3. The van der Waals surface area contributed by atoms with E-state index in [4.69, 9.17) is 9.72 Å². The van der Waals surface area contributed by atoms with Crippen LogP contribution in [0.4, 0.5) is 0 Å². The number of imidazole rings is 1. The van der Waals surface area contributed by atoms with Crippen molar-refractivity contribution in [2.45, 2.75) is 64.3 Å². The molecule has 0 bridgehead atoms. The Morgan fingerprint density at radius 1 is 0.917 bits per heavy atom. The topological polar surface area (TPSA) is 56.2 Å². The van der Waals surface area contributed by atoms with Gasteiger partial charge in [-0.2, -0.15) is 0 Å². The molecular weight excluding hydrogens is 446 g/mol. The molecule has 36 heavy (non-hydrogen) atoms. The first-order valence-corrected chi connectivity index (χ1v) is 13.6. The zero-order chi connectivity index (χ0) is 24.6. The van der Waals surface area contributed by atoms with Crippen LogP contribution in [0.1, 0.15) is 57.2 Å². The van der Waals surface area contributed by atoms with Crippen molar-refractivity contribution in [3.63, 3.8) is 0 Å². The molecule has 1 amide bonds. The van der Waals surface area contributed by atoms with Crippen molar-refractivity contribution in [3.8, 4) is 5.75 Å². The van der Waals surface area contributed by atoms with Gasteiger partial charge in [0.15, 0.2) is 0 Å². The number of para-hydroxylation sites is 2. The minimum absolute atomic E-state index is 0.245. The van der Waals surface area contributed by atoms with Gasteiger partial charge in [0.1, 0.15) is 18.2 Å². The second-order valence-corrected chi connectivity index (χ2v) is 9.93. The lowest BCUT2D eigenvalue weighted by Gasteiger charge is -2.20. The number of fused-ring (bicyclic) bond motifs is 2. The summed E-state index contributed by atoms with van der Waals surface area (Å²) in [6.07, 6.45) is 9.90. The molecule has 3 aromatic carbocycles. The quantitative estimate of drug-likeness (QED) is 0.242. The summed E-state index contributed by atoms with van der Waals surface area (Å²) in [7, 11) is 0. The summed E-state index contributed by atoms with van der Waals surface area (Å²) in [5, 5.41) is 5.50. The van der Waals surface area contributed by atoms with Crippen LogP contribution < -0.4 is 10.1 Å². The second kappa shape index (κ2) is 12.1. The monoisotopic (exact) mass is 483 g/mol. The zero-order valence-electron chi connectivity index (χ0n) is 21.1. The molecule has 1 N–H and O–H groups in total. The van der Waals surface area contributed by atoms with Crippen molar-refractivity contribution in [2.75, 3.05) is 13.2 Å². The predicted octanol–water partition coefficient (Wildman–Crippen LogP) is 6.68. The molecule has 0 spiro atoms. The highest BCUT2D eigenvalue weighted by atomic mass is 16.5. The normalized spacial score (nSPS) is 14.3. The number of aryl methyl sites for hydroxylation is 1. The molecule has 1 heterocycles. The summed E-state index contributed by atoms with van der Waals surface area (Å²) >= 11 is 0. The maximum atomic E-state index is 12.3. The Kier molecular flexibility index (Phi) is 8.17. The van der Waals surface area contributed by atoms with Crippen molar-refractivity contribution in [1.29, 1.82) is 0 Å². The number of hydrogen-bond donors (Lipinski definition) is 1. The molecule has 1 aliphatic carbocycles. The van der Waals surface area contributed by atoms with E-state index >= 15 is 0 Å². The van der Waals surface area contributed by atoms with Crippen LogP contribution >= 0.6 is 0 Å². The maximum absolute atomic E-state index is 12.3. The van der Waals surface area contributed by atoms with Gasteiger partial charge in [0.2, 0.25) is 5.91 Å². The van der Waals surface area contributed by atoms with Gasteiger partial charge in [-0.25, -0.2) is 4.98 Å². The van der Waals surface area contributed by atoms with Crippen LogP contribution in [0.15, 0.2) is 66.7 Å². The number of aromatic nitrogens is 2. The molecule has 0 atom stereocenters. The second-order valence-electron chi connectivity index (χ2n) is 9.93. The number of unbranched alkanes of at least 4 members (excludes halogenated alkanes) is 2. The van der Waals surface area contributed by atoms with Gasteiger partial charge in [0.25, 0.3) is 0 Å².